The van der Waals surface area contributed by atoms with Crippen LogP contribution in [0.3, 0.4) is 0 Å². The molecule has 0 radical (unpaired) electrons. The van der Waals surface area contributed by atoms with Gasteiger partial charge in [-0.25, -0.2) is 4.79 Å². The summed E-state index contributed by atoms with van der Waals surface area (Å²) in [6.07, 6.45) is 0.412. The lowest BCUT2D eigenvalue weighted by Gasteiger charge is -2.19. The van der Waals surface area contributed by atoms with Crippen molar-refractivity contribution < 1.29 is 35.3 Å². The molecular formula is C13H13F3N2O5S. The molecule has 0 saturated carbocycles. The molecule has 0 bridgehead atoms. The molecule has 0 aliphatic rings. The summed E-state index contributed by atoms with van der Waals surface area (Å²) in [6.45, 7) is 4.88. The number of alkyl halides is 3. The second-order valence-corrected chi connectivity index (χ2v) is 7.28. The molecule has 0 aliphatic heterocycles. The van der Waals surface area contributed by atoms with Gasteiger partial charge in [-0.1, -0.05) is 0 Å². The van der Waals surface area contributed by atoms with E-state index in [4.69, 9.17) is 4.74 Å². The SMILES string of the molecule is CC(C)(C)OC(=O)n1ncc2ccc(OS(=O)(=O)C(F)(F)F)cc21. The van der Waals surface area contributed by atoms with Crippen molar-refractivity contribution in [2.45, 2.75) is 31.9 Å². The lowest BCUT2D eigenvalue weighted by molar-refractivity contribution is -0.0500. The van der Waals surface area contributed by atoms with Gasteiger partial charge in [0.1, 0.15) is 11.4 Å². The number of hydrogen-bond acceptors (Lipinski definition) is 6. The van der Waals surface area contributed by atoms with Crippen LogP contribution in [0, 0.1) is 0 Å². The molecule has 1 heterocycles. The highest BCUT2D eigenvalue weighted by atomic mass is 32.2. The molecular weight excluding hydrogens is 353 g/mol. The fourth-order valence-corrected chi connectivity index (χ4v) is 2.13. The molecule has 0 spiro atoms. The zero-order valence-electron chi connectivity index (χ0n) is 12.8. The second-order valence-electron chi connectivity index (χ2n) is 5.74. The second kappa shape index (κ2) is 5.65. The topological polar surface area (TPSA) is 87.5 Å². The van der Waals surface area contributed by atoms with Crippen LogP contribution in [-0.4, -0.2) is 35.4 Å². The number of hydrogen-bond donors (Lipinski definition) is 0. The smallest absolute Gasteiger partial charge is 0.442 e. The van der Waals surface area contributed by atoms with E-state index >= 15 is 0 Å². The Morgan fingerprint density at radius 2 is 1.83 bits per heavy atom. The maximum absolute atomic E-state index is 12.4. The first kappa shape index (κ1) is 18.0. The Bertz CT molecular complexity index is 881. The third-order valence-corrected chi connectivity index (χ3v) is 3.58. The van der Waals surface area contributed by atoms with Crippen molar-refractivity contribution in [2.24, 2.45) is 0 Å². The molecule has 0 unspecified atom stereocenters. The lowest BCUT2D eigenvalue weighted by atomic mass is 10.2. The Kier molecular flexibility index (Phi) is 4.25. The molecule has 1 aromatic carbocycles. The maximum atomic E-state index is 12.4. The van der Waals surface area contributed by atoms with Crippen LogP contribution in [0.5, 0.6) is 5.75 Å². The number of fused-ring (bicyclic) bond motifs is 1. The summed E-state index contributed by atoms with van der Waals surface area (Å²) in [5.41, 5.74) is -6.34. The van der Waals surface area contributed by atoms with Crippen molar-refractivity contribution in [3.63, 3.8) is 0 Å². The molecule has 2 aromatic rings. The summed E-state index contributed by atoms with van der Waals surface area (Å²) >= 11 is 0. The largest absolute Gasteiger partial charge is 0.534 e. The molecule has 0 N–H and O–H groups in total. The average Bonchev–Trinajstić information content (AvgIpc) is 2.77. The molecule has 1 aromatic heterocycles. The lowest BCUT2D eigenvalue weighted by Crippen LogP contribution is -2.28. The molecule has 24 heavy (non-hydrogen) atoms. The zero-order chi connectivity index (χ0) is 18.3. The van der Waals surface area contributed by atoms with E-state index in [2.05, 4.69) is 9.28 Å². The highest BCUT2D eigenvalue weighted by molar-refractivity contribution is 7.88. The van der Waals surface area contributed by atoms with Crippen LogP contribution in [0.2, 0.25) is 0 Å². The maximum Gasteiger partial charge on any atom is 0.534 e. The van der Waals surface area contributed by atoms with Gasteiger partial charge >= 0.3 is 21.7 Å². The Labute approximate surface area is 135 Å². The quantitative estimate of drug-likeness (QED) is 0.600. The number of benzene rings is 1. The Balaban J connectivity index is 2.41. The molecule has 132 valence electrons. The van der Waals surface area contributed by atoms with Gasteiger partial charge in [-0.2, -0.15) is 31.4 Å². The molecule has 0 saturated heterocycles. The normalized spacial score (nSPS) is 13.1. The average molecular weight is 366 g/mol. The predicted octanol–water partition coefficient (Wildman–Crippen LogP) is 3.05. The molecule has 0 atom stereocenters. The van der Waals surface area contributed by atoms with Gasteiger partial charge < -0.3 is 8.92 Å². The van der Waals surface area contributed by atoms with Gasteiger partial charge in [0.25, 0.3) is 0 Å². The molecule has 2 rings (SSSR count). The number of nitrogens with zero attached hydrogens (tertiary/aromatic N) is 2. The number of rotatable bonds is 2. The number of carbonyl (C=O) groups excluding carboxylic acids is 1. The first-order valence-electron chi connectivity index (χ1n) is 6.52. The van der Waals surface area contributed by atoms with Crippen LogP contribution in [0.4, 0.5) is 18.0 Å². The third kappa shape index (κ3) is 3.78. The molecule has 0 fully saturated rings. The van der Waals surface area contributed by atoms with Crippen LogP contribution >= 0.6 is 0 Å². The van der Waals surface area contributed by atoms with Gasteiger partial charge in [0.15, 0.2) is 0 Å². The van der Waals surface area contributed by atoms with Crippen molar-refractivity contribution in [3.05, 3.63) is 24.4 Å². The monoisotopic (exact) mass is 366 g/mol. The Morgan fingerprint density at radius 1 is 1.21 bits per heavy atom. The number of carbonyl (C=O) groups is 1. The van der Waals surface area contributed by atoms with Crippen molar-refractivity contribution in [3.8, 4) is 5.75 Å². The highest BCUT2D eigenvalue weighted by Crippen LogP contribution is 2.29. The fourth-order valence-electron chi connectivity index (χ4n) is 1.67. The summed E-state index contributed by atoms with van der Waals surface area (Å²) in [7, 11) is -5.81. The zero-order valence-corrected chi connectivity index (χ0v) is 13.6. The van der Waals surface area contributed by atoms with Gasteiger partial charge in [0, 0.05) is 11.5 Å². The van der Waals surface area contributed by atoms with Crippen molar-refractivity contribution in [1.29, 1.82) is 0 Å². The Morgan fingerprint density at radius 3 is 2.38 bits per heavy atom. The standard InChI is InChI=1S/C13H13F3N2O5S/c1-12(2,3)22-11(19)18-10-6-9(5-4-8(10)7-17-18)23-24(20,21)13(14,15)16/h4-7H,1-3H3. The van der Waals surface area contributed by atoms with Crippen LogP contribution in [0.1, 0.15) is 20.8 Å². The predicted molar refractivity (Wildman–Crippen MR) is 77.0 cm³/mol. The van der Waals surface area contributed by atoms with Gasteiger partial charge in [0.05, 0.1) is 11.7 Å². The van der Waals surface area contributed by atoms with E-state index in [0.29, 0.717) is 5.39 Å². The van der Waals surface area contributed by atoms with Crippen LogP contribution < -0.4 is 4.18 Å². The minimum absolute atomic E-state index is 0.0409. The van der Waals surface area contributed by atoms with Crippen LogP contribution in [0.15, 0.2) is 24.4 Å². The van der Waals surface area contributed by atoms with Gasteiger partial charge in [-0.05, 0) is 32.9 Å². The summed E-state index contributed by atoms with van der Waals surface area (Å²) in [4.78, 5) is 12.0. The molecule has 0 aliphatic carbocycles. The minimum atomic E-state index is -5.81. The van der Waals surface area contributed by atoms with Crippen molar-refractivity contribution in [1.82, 2.24) is 9.78 Å². The summed E-state index contributed by atoms with van der Waals surface area (Å²) in [6, 6.07) is 3.24. The van der Waals surface area contributed by atoms with E-state index in [1.165, 1.54) is 12.3 Å². The number of aromatic nitrogens is 2. The van der Waals surface area contributed by atoms with Gasteiger partial charge in [-0.15, -0.1) is 0 Å². The first-order valence-corrected chi connectivity index (χ1v) is 7.93. The number of ether oxygens (including phenoxy) is 1. The summed E-state index contributed by atoms with van der Waals surface area (Å²) < 4.78 is 69.1. The minimum Gasteiger partial charge on any atom is -0.442 e. The Hall–Kier alpha value is -2.30. The van der Waals surface area contributed by atoms with E-state index in [1.807, 2.05) is 0 Å². The van der Waals surface area contributed by atoms with Crippen LogP contribution in [-0.2, 0) is 14.9 Å². The van der Waals surface area contributed by atoms with E-state index in [1.54, 1.807) is 20.8 Å². The highest BCUT2D eigenvalue weighted by Gasteiger charge is 2.48. The van der Waals surface area contributed by atoms with Crippen molar-refractivity contribution >= 4 is 27.1 Å². The molecule has 11 heteroatoms. The van der Waals surface area contributed by atoms with Crippen LogP contribution in [0.25, 0.3) is 10.9 Å². The van der Waals surface area contributed by atoms with E-state index in [-0.39, 0.29) is 5.52 Å². The first-order chi connectivity index (χ1) is 10.8. The summed E-state index contributed by atoms with van der Waals surface area (Å²) in [5.74, 6) is -0.606. The van der Waals surface area contributed by atoms with E-state index < -0.39 is 33.1 Å². The number of halogens is 3. The van der Waals surface area contributed by atoms with E-state index in [0.717, 1.165) is 16.8 Å². The summed E-state index contributed by atoms with van der Waals surface area (Å²) in [5, 5.41) is 4.17. The fraction of sp³-hybridized carbons (Fsp3) is 0.385. The molecule has 0 amide bonds. The molecule has 7 nitrogen and oxygen atoms in total. The van der Waals surface area contributed by atoms with Gasteiger partial charge in [-0.3, -0.25) is 0 Å². The third-order valence-electron chi connectivity index (χ3n) is 2.60. The van der Waals surface area contributed by atoms with E-state index in [9.17, 15) is 26.4 Å². The van der Waals surface area contributed by atoms with Gasteiger partial charge in [0.2, 0.25) is 0 Å². The van der Waals surface area contributed by atoms with Crippen molar-refractivity contribution in [2.75, 3.05) is 0 Å².